The van der Waals surface area contributed by atoms with E-state index >= 15 is 0 Å². The molecule has 0 heterocycles. The number of rotatable bonds is 3. The summed E-state index contributed by atoms with van der Waals surface area (Å²) in [4.78, 5) is 0. The lowest BCUT2D eigenvalue weighted by atomic mass is 9.95. The van der Waals surface area contributed by atoms with E-state index in [2.05, 4.69) is 20.8 Å². The zero-order valence-electron chi connectivity index (χ0n) is 6.89. The van der Waals surface area contributed by atoms with Gasteiger partial charge in [-0.05, 0) is 25.2 Å². The summed E-state index contributed by atoms with van der Waals surface area (Å²) in [5, 5.41) is 9.07. The van der Waals surface area contributed by atoms with Crippen LogP contribution in [0.25, 0.3) is 0 Å². The van der Waals surface area contributed by atoms with Crippen molar-refractivity contribution in [2.45, 2.75) is 40.2 Å². The average Bonchev–Trinajstić information content (AvgIpc) is 1.63. The minimum atomic E-state index is -0.146. The van der Waals surface area contributed by atoms with Gasteiger partial charge in [0.2, 0.25) is 0 Å². The topological polar surface area (TPSA) is 20.2 Å². The average molecular weight is 130 g/mol. The molecular formula is C8H18O. The number of hydrogen-bond acceptors (Lipinski definition) is 1. The van der Waals surface area contributed by atoms with Gasteiger partial charge in [0.15, 0.2) is 0 Å². The molecule has 56 valence electrons. The molecule has 0 bridgehead atoms. The molecule has 0 saturated carbocycles. The molecule has 0 rings (SSSR count). The van der Waals surface area contributed by atoms with Crippen molar-refractivity contribution >= 4 is 0 Å². The maximum atomic E-state index is 9.07. The van der Waals surface area contributed by atoms with Crippen molar-refractivity contribution in [3.05, 3.63) is 0 Å². The first-order chi connectivity index (χ1) is 4.04. The number of aliphatic hydroxyl groups is 1. The predicted octanol–water partition coefficient (Wildman–Crippen LogP) is 2.05. The van der Waals surface area contributed by atoms with Crippen molar-refractivity contribution in [3.63, 3.8) is 0 Å². The minimum absolute atomic E-state index is 0.146. The smallest absolute Gasteiger partial charge is 0.0537 e. The second kappa shape index (κ2) is 3.89. The highest BCUT2D eigenvalue weighted by molar-refractivity contribution is 4.60. The van der Waals surface area contributed by atoms with Crippen LogP contribution in [-0.2, 0) is 0 Å². The van der Waals surface area contributed by atoms with Crippen LogP contribution in [0.1, 0.15) is 34.1 Å². The van der Waals surface area contributed by atoms with Crippen LogP contribution in [0.15, 0.2) is 0 Å². The maximum Gasteiger partial charge on any atom is 0.0537 e. The van der Waals surface area contributed by atoms with Gasteiger partial charge in [-0.3, -0.25) is 0 Å². The summed E-state index contributed by atoms with van der Waals surface area (Å²) in [6, 6.07) is 0. The molecule has 0 fully saturated rings. The standard InChI is InChI=1S/C8H18O/c1-6(2)5-7(3)8(4)9/h6-9H,5H2,1-4H3. The van der Waals surface area contributed by atoms with Gasteiger partial charge < -0.3 is 5.11 Å². The third kappa shape index (κ3) is 4.46. The van der Waals surface area contributed by atoms with E-state index in [0.29, 0.717) is 11.8 Å². The van der Waals surface area contributed by atoms with Crippen LogP contribution in [0, 0.1) is 11.8 Å². The van der Waals surface area contributed by atoms with Gasteiger partial charge in [-0.25, -0.2) is 0 Å². The van der Waals surface area contributed by atoms with Crippen LogP contribution in [0.2, 0.25) is 0 Å². The second-order valence-corrected chi connectivity index (χ2v) is 3.35. The van der Waals surface area contributed by atoms with Gasteiger partial charge in [-0.15, -0.1) is 0 Å². The predicted molar refractivity (Wildman–Crippen MR) is 40.3 cm³/mol. The van der Waals surface area contributed by atoms with Crippen molar-refractivity contribution in [2.24, 2.45) is 11.8 Å². The molecule has 0 aliphatic rings. The minimum Gasteiger partial charge on any atom is -0.393 e. The van der Waals surface area contributed by atoms with Crippen LogP contribution in [0.4, 0.5) is 0 Å². The number of hydrogen-bond donors (Lipinski definition) is 1. The summed E-state index contributed by atoms with van der Waals surface area (Å²) < 4.78 is 0. The molecule has 0 aliphatic heterocycles. The fourth-order valence-electron chi connectivity index (χ4n) is 0.941. The molecule has 2 atom stereocenters. The second-order valence-electron chi connectivity index (χ2n) is 3.35. The van der Waals surface area contributed by atoms with Crippen LogP contribution in [0.5, 0.6) is 0 Å². The Labute approximate surface area is 58.1 Å². The van der Waals surface area contributed by atoms with Crippen molar-refractivity contribution < 1.29 is 5.11 Å². The molecule has 0 aromatic rings. The molecule has 0 aliphatic carbocycles. The Kier molecular flexibility index (Phi) is 3.87. The number of aliphatic hydroxyl groups excluding tert-OH is 1. The Balaban J connectivity index is 3.38. The maximum absolute atomic E-state index is 9.07. The molecule has 1 N–H and O–H groups in total. The quantitative estimate of drug-likeness (QED) is 0.620. The van der Waals surface area contributed by atoms with E-state index in [1.54, 1.807) is 0 Å². The van der Waals surface area contributed by atoms with Gasteiger partial charge in [0.05, 0.1) is 6.10 Å². The lowest BCUT2D eigenvalue weighted by Crippen LogP contribution is -2.14. The van der Waals surface area contributed by atoms with E-state index in [9.17, 15) is 0 Å². The van der Waals surface area contributed by atoms with E-state index < -0.39 is 0 Å². The van der Waals surface area contributed by atoms with E-state index in [1.165, 1.54) is 0 Å². The van der Waals surface area contributed by atoms with Crippen molar-refractivity contribution in [2.75, 3.05) is 0 Å². The third-order valence-corrected chi connectivity index (χ3v) is 1.67. The fraction of sp³-hybridized carbons (Fsp3) is 1.00. The largest absolute Gasteiger partial charge is 0.393 e. The van der Waals surface area contributed by atoms with Gasteiger partial charge in [-0.1, -0.05) is 20.8 Å². The SMILES string of the molecule is CC(C)CC(C)C(C)O. The summed E-state index contributed by atoms with van der Waals surface area (Å²) in [6.45, 7) is 8.30. The zero-order valence-corrected chi connectivity index (χ0v) is 6.89. The highest BCUT2D eigenvalue weighted by Gasteiger charge is 2.09. The fourth-order valence-corrected chi connectivity index (χ4v) is 0.941. The van der Waals surface area contributed by atoms with Crippen LogP contribution >= 0.6 is 0 Å². The monoisotopic (exact) mass is 130 g/mol. The Bertz CT molecular complexity index is 67.0. The molecule has 0 aromatic carbocycles. The summed E-state index contributed by atoms with van der Waals surface area (Å²) in [5.41, 5.74) is 0. The van der Waals surface area contributed by atoms with E-state index in [4.69, 9.17) is 5.11 Å². The molecule has 0 spiro atoms. The summed E-state index contributed by atoms with van der Waals surface area (Å²) >= 11 is 0. The van der Waals surface area contributed by atoms with Crippen molar-refractivity contribution in [3.8, 4) is 0 Å². The molecule has 2 unspecified atom stereocenters. The summed E-state index contributed by atoms with van der Waals surface area (Å²) in [7, 11) is 0. The molecule has 1 nitrogen and oxygen atoms in total. The molecular weight excluding hydrogens is 112 g/mol. The highest BCUT2D eigenvalue weighted by atomic mass is 16.3. The lowest BCUT2D eigenvalue weighted by Gasteiger charge is -2.15. The zero-order chi connectivity index (χ0) is 7.44. The summed E-state index contributed by atoms with van der Waals surface area (Å²) in [6.07, 6.45) is 0.977. The van der Waals surface area contributed by atoms with Crippen LogP contribution < -0.4 is 0 Å². The van der Waals surface area contributed by atoms with Gasteiger partial charge in [0, 0.05) is 0 Å². The Hall–Kier alpha value is -0.0400. The molecule has 1 heteroatoms. The van der Waals surface area contributed by atoms with Crippen LogP contribution in [0.3, 0.4) is 0 Å². The van der Waals surface area contributed by atoms with Crippen molar-refractivity contribution in [1.29, 1.82) is 0 Å². The molecule has 0 radical (unpaired) electrons. The van der Waals surface area contributed by atoms with Gasteiger partial charge in [-0.2, -0.15) is 0 Å². The lowest BCUT2D eigenvalue weighted by molar-refractivity contribution is 0.122. The van der Waals surface area contributed by atoms with Crippen LogP contribution in [-0.4, -0.2) is 11.2 Å². The normalized spacial score (nSPS) is 18.0. The molecule has 0 saturated heterocycles. The molecule has 0 amide bonds. The van der Waals surface area contributed by atoms with Gasteiger partial charge in [0.1, 0.15) is 0 Å². The Morgan fingerprint density at radius 1 is 1.11 bits per heavy atom. The van der Waals surface area contributed by atoms with E-state index in [-0.39, 0.29) is 6.10 Å². The van der Waals surface area contributed by atoms with E-state index in [1.807, 2.05) is 6.92 Å². The third-order valence-electron chi connectivity index (χ3n) is 1.67. The first-order valence-corrected chi connectivity index (χ1v) is 3.72. The van der Waals surface area contributed by atoms with Gasteiger partial charge >= 0.3 is 0 Å². The molecule has 0 aromatic heterocycles. The Morgan fingerprint density at radius 2 is 1.56 bits per heavy atom. The first kappa shape index (κ1) is 8.96. The van der Waals surface area contributed by atoms with Gasteiger partial charge in [0.25, 0.3) is 0 Å². The highest BCUT2D eigenvalue weighted by Crippen LogP contribution is 2.13. The van der Waals surface area contributed by atoms with Crippen molar-refractivity contribution in [1.82, 2.24) is 0 Å². The molecule has 9 heavy (non-hydrogen) atoms. The Morgan fingerprint density at radius 3 is 1.67 bits per heavy atom. The summed E-state index contributed by atoms with van der Waals surface area (Å²) in [5.74, 6) is 1.15. The first-order valence-electron chi connectivity index (χ1n) is 3.72. The van der Waals surface area contributed by atoms with E-state index in [0.717, 1.165) is 6.42 Å².